The molecule has 0 saturated carbocycles. The Kier molecular flexibility index (Phi) is 5.42. The number of fused-ring (bicyclic) bond motifs is 1. The third-order valence-electron chi connectivity index (χ3n) is 3.97. The summed E-state index contributed by atoms with van der Waals surface area (Å²) < 4.78 is 6.32. The van der Waals surface area contributed by atoms with Crippen molar-refractivity contribution in [2.75, 3.05) is 12.9 Å². The van der Waals surface area contributed by atoms with Crippen molar-refractivity contribution in [3.8, 4) is 5.69 Å². The van der Waals surface area contributed by atoms with E-state index in [9.17, 15) is 9.59 Å². The molecule has 0 amide bonds. The Morgan fingerprint density at radius 1 is 1.15 bits per heavy atom. The topological polar surface area (TPSA) is 61.2 Å². The van der Waals surface area contributed by atoms with Crippen molar-refractivity contribution in [3.63, 3.8) is 0 Å². The van der Waals surface area contributed by atoms with Gasteiger partial charge in [-0.3, -0.25) is 14.2 Å². The molecule has 134 valence electrons. The molecule has 0 fully saturated rings. The molecule has 26 heavy (non-hydrogen) atoms. The summed E-state index contributed by atoms with van der Waals surface area (Å²) in [7, 11) is 1.37. The molecule has 0 aliphatic rings. The SMILES string of the molecule is COC(=O)CCSc1nc2ccccc2c(=O)n1-c1cc(C)cc(C)c1. The Balaban J connectivity index is 2.14. The minimum Gasteiger partial charge on any atom is -0.469 e. The van der Waals surface area contributed by atoms with Gasteiger partial charge in [0.15, 0.2) is 5.16 Å². The van der Waals surface area contributed by atoms with Crippen LogP contribution < -0.4 is 5.56 Å². The average Bonchev–Trinajstić information content (AvgIpc) is 2.61. The Morgan fingerprint density at radius 3 is 2.54 bits per heavy atom. The lowest BCUT2D eigenvalue weighted by Crippen LogP contribution is -2.22. The number of para-hydroxylation sites is 1. The van der Waals surface area contributed by atoms with Crippen molar-refractivity contribution in [3.05, 3.63) is 63.9 Å². The number of aromatic nitrogens is 2. The summed E-state index contributed by atoms with van der Waals surface area (Å²) in [5.74, 6) is 0.209. The molecule has 5 nitrogen and oxygen atoms in total. The van der Waals surface area contributed by atoms with Crippen molar-refractivity contribution in [2.45, 2.75) is 25.4 Å². The lowest BCUT2D eigenvalue weighted by atomic mass is 10.1. The zero-order valence-corrected chi connectivity index (χ0v) is 15.8. The molecule has 0 saturated heterocycles. The van der Waals surface area contributed by atoms with Gasteiger partial charge in [0.25, 0.3) is 5.56 Å². The predicted molar refractivity (Wildman–Crippen MR) is 104 cm³/mol. The quantitative estimate of drug-likeness (QED) is 0.391. The molecule has 3 rings (SSSR count). The van der Waals surface area contributed by atoms with E-state index in [4.69, 9.17) is 0 Å². The van der Waals surface area contributed by atoms with Crippen LogP contribution in [-0.4, -0.2) is 28.4 Å². The second-order valence-corrected chi connectivity index (χ2v) is 7.13. The first-order valence-corrected chi connectivity index (χ1v) is 9.28. The van der Waals surface area contributed by atoms with Crippen LogP contribution >= 0.6 is 11.8 Å². The van der Waals surface area contributed by atoms with Crippen LogP contribution in [0.15, 0.2) is 52.4 Å². The fourth-order valence-corrected chi connectivity index (χ4v) is 3.78. The van der Waals surface area contributed by atoms with Gasteiger partial charge in [0.1, 0.15) is 0 Å². The lowest BCUT2D eigenvalue weighted by molar-refractivity contribution is -0.140. The molecule has 0 radical (unpaired) electrons. The number of carbonyl (C=O) groups is 1. The van der Waals surface area contributed by atoms with E-state index in [0.717, 1.165) is 16.8 Å². The summed E-state index contributed by atoms with van der Waals surface area (Å²) in [5, 5.41) is 1.14. The van der Waals surface area contributed by atoms with Crippen molar-refractivity contribution >= 4 is 28.6 Å². The van der Waals surface area contributed by atoms with E-state index in [1.807, 2.05) is 44.2 Å². The molecule has 0 atom stereocenters. The van der Waals surface area contributed by atoms with E-state index in [2.05, 4.69) is 15.8 Å². The zero-order valence-electron chi connectivity index (χ0n) is 15.0. The highest BCUT2D eigenvalue weighted by Gasteiger charge is 2.14. The summed E-state index contributed by atoms with van der Waals surface area (Å²) in [6.07, 6.45) is 0.261. The van der Waals surface area contributed by atoms with E-state index in [1.54, 1.807) is 10.6 Å². The molecule has 6 heteroatoms. The number of carbonyl (C=O) groups excluding carboxylic acids is 1. The van der Waals surface area contributed by atoms with Gasteiger partial charge in [-0.25, -0.2) is 4.98 Å². The fraction of sp³-hybridized carbons (Fsp3) is 0.250. The minimum absolute atomic E-state index is 0.110. The monoisotopic (exact) mass is 368 g/mol. The number of thioether (sulfide) groups is 1. The fourth-order valence-electron chi connectivity index (χ4n) is 2.84. The van der Waals surface area contributed by atoms with Gasteiger partial charge in [-0.15, -0.1) is 0 Å². The number of ether oxygens (including phenoxy) is 1. The normalized spacial score (nSPS) is 10.9. The average molecular weight is 368 g/mol. The number of hydrogen-bond acceptors (Lipinski definition) is 5. The molecule has 3 aromatic rings. The van der Waals surface area contributed by atoms with Gasteiger partial charge in [-0.05, 0) is 49.2 Å². The van der Waals surface area contributed by atoms with Crippen LogP contribution in [0.4, 0.5) is 0 Å². The summed E-state index contributed by atoms with van der Waals surface area (Å²) >= 11 is 1.38. The molecular weight excluding hydrogens is 348 g/mol. The largest absolute Gasteiger partial charge is 0.469 e. The van der Waals surface area contributed by atoms with E-state index < -0.39 is 0 Å². The van der Waals surface area contributed by atoms with E-state index in [0.29, 0.717) is 21.8 Å². The number of hydrogen-bond donors (Lipinski definition) is 0. The third-order valence-corrected chi connectivity index (χ3v) is 4.91. The molecule has 0 unspecified atom stereocenters. The standard InChI is InChI=1S/C20H20N2O3S/c1-13-10-14(2)12-15(11-13)22-19(24)16-6-4-5-7-17(16)21-20(22)26-9-8-18(23)25-3/h4-7,10-12H,8-9H2,1-3H3. The number of methoxy groups -OCH3 is 1. The zero-order chi connectivity index (χ0) is 18.7. The predicted octanol–water partition coefficient (Wildman–Crippen LogP) is 3.66. The number of benzene rings is 2. The van der Waals surface area contributed by atoms with Crippen LogP contribution in [0.25, 0.3) is 16.6 Å². The van der Waals surface area contributed by atoms with Gasteiger partial charge in [0, 0.05) is 5.75 Å². The van der Waals surface area contributed by atoms with Crippen molar-refractivity contribution in [2.24, 2.45) is 0 Å². The van der Waals surface area contributed by atoms with Gasteiger partial charge in [-0.2, -0.15) is 0 Å². The summed E-state index contributed by atoms with van der Waals surface area (Å²) in [6, 6.07) is 13.3. The van der Waals surface area contributed by atoms with E-state index in [-0.39, 0.29) is 17.9 Å². The van der Waals surface area contributed by atoms with Crippen molar-refractivity contribution < 1.29 is 9.53 Å². The van der Waals surface area contributed by atoms with Gasteiger partial charge >= 0.3 is 5.97 Å². The second kappa shape index (κ2) is 7.74. The highest BCUT2D eigenvalue weighted by atomic mass is 32.2. The lowest BCUT2D eigenvalue weighted by Gasteiger charge is -2.14. The van der Waals surface area contributed by atoms with Crippen LogP contribution in [0.5, 0.6) is 0 Å². The molecule has 0 bridgehead atoms. The Hall–Kier alpha value is -2.60. The van der Waals surface area contributed by atoms with E-state index in [1.165, 1.54) is 18.9 Å². The Labute approximate surface area is 156 Å². The highest BCUT2D eigenvalue weighted by Crippen LogP contribution is 2.23. The molecule has 0 aliphatic heterocycles. The molecule has 0 aliphatic carbocycles. The smallest absolute Gasteiger partial charge is 0.306 e. The maximum absolute atomic E-state index is 13.1. The van der Waals surface area contributed by atoms with Gasteiger partial charge in [0.05, 0.1) is 30.1 Å². The first-order valence-electron chi connectivity index (χ1n) is 8.29. The first-order chi connectivity index (χ1) is 12.5. The number of esters is 1. The Bertz CT molecular complexity index is 1010. The van der Waals surface area contributed by atoms with Crippen LogP contribution in [0.1, 0.15) is 17.5 Å². The summed E-state index contributed by atoms with van der Waals surface area (Å²) in [6.45, 7) is 4.00. The van der Waals surface area contributed by atoms with Crippen LogP contribution in [0.3, 0.4) is 0 Å². The molecule has 0 spiro atoms. The molecular formula is C20H20N2O3S. The maximum atomic E-state index is 13.1. The van der Waals surface area contributed by atoms with Crippen LogP contribution in [-0.2, 0) is 9.53 Å². The highest BCUT2D eigenvalue weighted by molar-refractivity contribution is 7.99. The third kappa shape index (κ3) is 3.80. The molecule has 1 aromatic heterocycles. The summed E-state index contributed by atoms with van der Waals surface area (Å²) in [4.78, 5) is 29.2. The molecule has 1 heterocycles. The van der Waals surface area contributed by atoms with E-state index >= 15 is 0 Å². The van der Waals surface area contributed by atoms with Gasteiger partial charge < -0.3 is 4.74 Å². The van der Waals surface area contributed by atoms with Crippen molar-refractivity contribution in [1.29, 1.82) is 0 Å². The van der Waals surface area contributed by atoms with Crippen LogP contribution in [0.2, 0.25) is 0 Å². The van der Waals surface area contributed by atoms with Gasteiger partial charge in [-0.1, -0.05) is 30.0 Å². The second-order valence-electron chi connectivity index (χ2n) is 6.07. The molecule has 0 N–H and O–H groups in total. The first kappa shape index (κ1) is 18.2. The molecule has 2 aromatic carbocycles. The Morgan fingerprint density at radius 2 is 1.85 bits per heavy atom. The minimum atomic E-state index is -0.279. The number of aryl methyl sites for hydroxylation is 2. The maximum Gasteiger partial charge on any atom is 0.306 e. The van der Waals surface area contributed by atoms with Crippen LogP contribution in [0, 0.1) is 13.8 Å². The number of nitrogens with zero attached hydrogens (tertiary/aromatic N) is 2. The van der Waals surface area contributed by atoms with Gasteiger partial charge in [0.2, 0.25) is 0 Å². The number of rotatable bonds is 5. The van der Waals surface area contributed by atoms with Crippen molar-refractivity contribution in [1.82, 2.24) is 9.55 Å². The summed E-state index contributed by atoms with van der Waals surface area (Å²) in [5.41, 5.74) is 3.47.